The number of nitrogens with one attached hydrogen (secondary N) is 2. The molecular weight excluding hydrogens is 310 g/mol. The molecule has 0 radical (unpaired) electrons. The normalized spacial score (nSPS) is 11.8. The number of aryl methyl sites for hydroxylation is 1. The molecule has 0 amide bonds. The lowest BCUT2D eigenvalue weighted by molar-refractivity contribution is 0.873. The number of nitrogens with two attached hydrogens (primary N) is 1. The average Bonchev–Trinajstić information content (AvgIpc) is 2.66. The third-order valence-electron chi connectivity index (χ3n) is 4.19. The fourth-order valence-corrected chi connectivity index (χ4v) is 2.72. The maximum absolute atomic E-state index is 6.30. The van der Waals surface area contributed by atoms with Crippen molar-refractivity contribution < 1.29 is 0 Å². The minimum atomic E-state index is 0.0918. The molecule has 1 heterocycles. The van der Waals surface area contributed by atoms with E-state index in [0.29, 0.717) is 17.3 Å². The lowest BCUT2D eigenvalue weighted by Crippen LogP contribution is -2.12. The molecule has 1 aromatic heterocycles. The van der Waals surface area contributed by atoms with Crippen LogP contribution >= 0.6 is 0 Å². The lowest BCUT2D eigenvalue weighted by atomic mass is 10.1. The van der Waals surface area contributed by atoms with E-state index in [9.17, 15) is 0 Å². The second-order valence-electron chi connectivity index (χ2n) is 5.90. The van der Waals surface area contributed by atoms with E-state index in [0.717, 1.165) is 12.1 Å². The van der Waals surface area contributed by atoms with Gasteiger partial charge in [-0.25, -0.2) is 9.97 Å². The van der Waals surface area contributed by atoms with Gasteiger partial charge in [0.05, 0.1) is 6.04 Å². The average molecular weight is 333 g/mol. The maximum atomic E-state index is 6.30. The molecular formula is C20H23N5. The van der Waals surface area contributed by atoms with E-state index in [4.69, 9.17) is 5.73 Å². The zero-order valence-electron chi connectivity index (χ0n) is 14.5. The van der Waals surface area contributed by atoms with Crippen LogP contribution in [-0.2, 0) is 6.42 Å². The van der Waals surface area contributed by atoms with E-state index in [1.165, 1.54) is 17.5 Å². The topological polar surface area (TPSA) is 75.9 Å². The number of nitrogens with zero attached hydrogens (tertiary/aromatic N) is 2. The molecule has 5 nitrogen and oxygen atoms in total. The maximum Gasteiger partial charge on any atom is 0.159 e. The molecule has 4 N–H and O–H groups in total. The van der Waals surface area contributed by atoms with Gasteiger partial charge in [-0.05, 0) is 30.5 Å². The van der Waals surface area contributed by atoms with Crippen molar-refractivity contribution in [3.8, 4) is 0 Å². The first-order valence-electron chi connectivity index (χ1n) is 8.46. The quantitative estimate of drug-likeness (QED) is 0.617. The predicted molar refractivity (Wildman–Crippen MR) is 104 cm³/mol. The van der Waals surface area contributed by atoms with E-state index in [1.54, 1.807) is 0 Å². The van der Waals surface area contributed by atoms with Gasteiger partial charge in [-0.3, -0.25) is 0 Å². The second-order valence-corrected chi connectivity index (χ2v) is 5.90. The Bertz CT molecular complexity index is 832. The van der Waals surface area contributed by atoms with E-state index < -0.39 is 0 Å². The third kappa shape index (κ3) is 3.88. The Morgan fingerprint density at radius 1 is 0.960 bits per heavy atom. The minimum absolute atomic E-state index is 0.0918. The number of rotatable bonds is 6. The SMILES string of the molecule is CCc1ccccc1Nc1ncnc(NC(C)c2ccccc2)c1N. The zero-order valence-corrected chi connectivity index (χ0v) is 14.5. The summed E-state index contributed by atoms with van der Waals surface area (Å²) in [5.74, 6) is 1.24. The molecule has 0 aliphatic heterocycles. The summed E-state index contributed by atoms with van der Waals surface area (Å²) in [6, 6.07) is 18.4. The van der Waals surface area contributed by atoms with Crippen LogP contribution in [-0.4, -0.2) is 9.97 Å². The standard InChI is InChI=1S/C20H23N5/c1-3-15-9-7-8-12-17(15)25-20-18(21)19(22-13-23-20)24-14(2)16-10-5-4-6-11-16/h4-14H,3,21H2,1-2H3,(H2,22,23,24,25). The number of hydrogen-bond acceptors (Lipinski definition) is 5. The number of hydrogen-bond donors (Lipinski definition) is 3. The van der Waals surface area contributed by atoms with Gasteiger partial charge in [-0.1, -0.05) is 55.5 Å². The summed E-state index contributed by atoms with van der Waals surface area (Å²) in [6.45, 7) is 4.20. The molecule has 128 valence electrons. The second kappa shape index (κ2) is 7.66. The Morgan fingerprint density at radius 2 is 1.64 bits per heavy atom. The molecule has 0 aliphatic rings. The smallest absolute Gasteiger partial charge is 0.159 e. The molecule has 0 aliphatic carbocycles. The molecule has 1 atom stereocenters. The molecule has 1 unspecified atom stereocenters. The third-order valence-corrected chi connectivity index (χ3v) is 4.19. The largest absolute Gasteiger partial charge is 0.393 e. The summed E-state index contributed by atoms with van der Waals surface area (Å²) in [6.07, 6.45) is 2.46. The molecule has 0 saturated heterocycles. The van der Waals surface area contributed by atoms with Crippen LogP contribution in [0.5, 0.6) is 0 Å². The minimum Gasteiger partial charge on any atom is -0.393 e. The van der Waals surface area contributed by atoms with Crippen LogP contribution in [0.15, 0.2) is 60.9 Å². The highest BCUT2D eigenvalue weighted by atomic mass is 15.1. The van der Waals surface area contributed by atoms with Crippen LogP contribution < -0.4 is 16.4 Å². The van der Waals surface area contributed by atoms with Crippen molar-refractivity contribution in [3.05, 3.63) is 72.1 Å². The Kier molecular flexibility index (Phi) is 5.14. The Labute approximate surface area is 148 Å². The molecule has 25 heavy (non-hydrogen) atoms. The highest BCUT2D eigenvalue weighted by Gasteiger charge is 2.12. The number of nitrogen functional groups attached to an aromatic ring is 1. The van der Waals surface area contributed by atoms with Gasteiger partial charge in [-0.15, -0.1) is 0 Å². The molecule has 2 aromatic carbocycles. The summed E-state index contributed by atoms with van der Waals surface area (Å²) in [7, 11) is 0. The molecule has 0 bridgehead atoms. The summed E-state index contributed by atoms with van der Waals surface area (Å²) >= 11 is 0. The van der Waals surface area contributed by atoms with Crippen molar-refractivity contribution in [1.29, 1.82) is 0 Å². The first-order chi connectivity index (χ1) is 12.2. The number of aromatic nitrogens is 2. The molecule has 0 fully saturated rings. The van der Waals surface area contributed by atoms with Crippen LogP contribution in [0.2, 0.25) is 0 Å². The summed E-state index contributed by atoms with van der Waals surface area (Å²) < 4.78 is 0. The van der Waals surface area contributed by atoms with Crippen molar-refractivity contribution in [3.63, 3.8) is 0 Å². The van der Waals surface area contributed by atoms with Crippen LogP contribution in [0.3, 0.4) is 0 Å². The van der Waals surface area contributed by atoms with Crippen molar-refractivity contribution in [2.75, 3.05) is 16.4 Å². The predicted octanol–water partition coefficient (Wildman–Crippen LogP) is 4.54. The van der Waals surface area contributed by atoms with Crippen molar-refractivity contribution in [1.82, 2.24) is 9.97 Å². The van der Waals surface area contributed by atoms with Gasteiger partial charge in [0.25, 0.3) is 0 Å². The fourth-order valence-electron chi connectivity index (χ4n) is 2.72. The molecule has 3 aromatic rings. The number of benzene rings is 2. The first kappa shape index (κ1) is 16.8. The van der Waals surface area contributed by atoms with Gasteiger partial charge in [0, 0.05) is 5.69 Å². The van der Waals surface area contributed by atoms with Crippen LogP contribution in [0, 0.1) is 0 Å². The summed E-state index contributed by atoms with van der Waals surface area (Å²) in [4.78, 5) is 8.60. The molecule has 5 heteroatoms. The van der Waals surface area contributed by atoms with Crippen molar-refractivity contribution in [2.45, 2.75) is 26.3 Å². The van der Waals surface area contributed by atoms with Crippen molar-refractivity contribution in [2.24, 2.45) is 0 Å². The molecule has 3 rings (SSSR count). The highest BCUT2D eigenvalue weighted by Crippen LogP contribution is 2.29. The number of anilines is 4. The lowest BCUT2D eigenvalue weighted by Gasteiger charge is -2.18. The monoisotopic (exact) mass is 333 g/mol. The molecule has 0 saturated carbocycles. The van der Waals surface area contributed by atoms with Gasteiger partial charge in [0.15, 0.2) is 11.6 Å². The Hall–Kier alpha value is -3.08. The zero-order chi connectivity index (χ0) is 17.6. The van der Waals surface area contributed by atoms with Gasteiger partial charge >= 0.3 is 0 Å². The van der Waals surface area contributed by atoms with E-state index in [-0.39, 0.29) is 6.04 Å². The van der Waals surface area contributed by atoms with E-state index >= 15 is 0 Å². The number of para-hydroxylation sites is 1. The van der Waals surface area contributed by atoms with Gasteiger partial charge < -0.3 is 16.4 Å². The molecule has 0 spiro atoms. The summed E-state index contributed by atoms with van der Waals surface area (Å²) in [5.41, 5.74) is 10.2. The van der Waals surface area contributed by atoms with Crippen molar-refractivity contribution >= 4 is 23.0 Å². The van der Waals surface area contributed by atoms with Crippen LogP contribution in [0.4, 0.5) is 23.0 Å². The first-order valence-corrected chi connectivity index (χ1v) is 8.46. The fraction of sp³-hybridized carbons (Fsp3) is 0.200. The van der Waals surface area contributed by atoms with Gasteiger partial charge in [-0.2, -0.15) is 0 Å². The highest BCUT2D eigenvalue weighted by molar-refractivity contribution is 5.78. The van der Waals surface area contributed by atoms with E-state index in [2.05, 4.69) is 52.6 Å². The van der Waals surface area contributed by atoms with E-state index in [1.807, 2.05) is 36.4 Å². The Morgan fingerprint density at radius 3 is 2.40 bits per heavy atom. The van der Waals surface area contributed by atoms with Crippen LogP contribution in [0.25, 0.3) is 0 Å². The van der Waals surface area contributed by atoms with Gasteiger partial charge in [0.1, 0.15) is 12.0 Å². The Balaban J connectivity index is 1.83. The summed E-state index contributed by atoms with van der Waals surface area (Å²) in [5, 5.41) is 6.69. The van der Waals surface area contributed by atoms with Gasteiger partial charge in [0.2, 0.25) is 0 Å². The van der Waals surface area contributed by atoms with Crippen LogP contribution in [0.1, 0.15) is 31.0 Å².